The molecule has 0 fully saturated rings. The van der Waals surface area contributed by atoms with Gasteiger partial charge >= 0.3 is 5.97 Å². The number of hydrogen-bond acceptors (Lipinski definition) is 8. The molecule has 0 N–H and O–H groups in total. The van der Waals surface area contributed by atoms with Gasteiger partial charge in [-0.1, -0.05) is 69.7 Å². The van der Waals surface area contributed by atoms with Crippen molar-refractivity contribution in [2.75, 3.05) is 27.4 Å². The van der Waals surface area contributed by atoms with Crippen molar-refractivity contribution in [2.45, 2.75) is 19.9 Å². The lowest BCUT2D eigenvalue weighted by atomic mass is 9.93. The van der Waals surface area contributed by atoms with E-state index in [1.807, 2.05) is 55.5 Å². The molecule has 0 bridgehead atoms. The number of nitrogens with zero attached hydrogens (tertiary/aromatic N) is 2. The number of hydrogen-bond donors (Lipinski definition) is 0. The largest absolute Gasteiger partial charge is 0.497 e. The number of rotatable bonds is 9. The van der Waals surface area contributed by atoms with E-state index in [-0.39, 0.29) is 17.7 Å². The van der Waals surface area contributed by atoms with Gasteiger partial charge in [-0.25, -0.2) is 9.79 Å². The zero-order chi connectivity index (χ0) is 29.8. The topological polar surface area (TPSA) is 88.4 Å². The maximum Gasteiger partial charge on any atom is 0.338 e. The van der Waals surface area contributed by atoms with E-state index in [1.165, 1.54) is 11.3 Å². The summed E-state index contributed by atoms with van der Waals surface area (Å²) in [6, 6.07) is 19.6. The van der Waals surface area contributed by atoms with Crippen LogP contribution in [0.1, 0.15) is 36.6 Å². The lowest BCUT2D eigenvalue weighted by Crippen LogP contribution is -2.40. The molecule has 1 aliphatic heterocycles. The first kappa shape index (κ1) is 29.3. The first-order valence-electron chi connectivity index (χ1n) is 13.3. The third-order valence-electron chi connectivity index (χ3n) is 6.67. The molecule has 0 spiro atoms. The van der Waals surface area contributed by atoms with Gasteiger partial charge in [0, 0.05) is 10.0 Å². The summed E-state index contributed by atoms with van der Waals surface area (Å²) in [7, 11) is 3.16. The monoisotopic (exact) mass is 648 g/mol. The second-order valence-electron chi connectivity index (χ2n) is 9.16. The smallest absolute Gasteiger partial charge is 0.338 e. The van der Waals surface area contributed by atoms with E-state index >= 15 is 0 Å². The van der Waals surface area contributed by atoms with Crippen molar-refractivity contribution in [3.05, 3.63) is 113 Å². The first-order valence-corrected chi connectivity index (χ1v) is 14.9. The van der Waals surface area contributed by atoms with Crippen molar-refractivity contribution in [3.63, 3.8) is 0 Å². The maximum absolute atomic E-state index is 14.2. The molecular formula is C32H29BrN2O6S. The SMILES string of the molecule is CCOC(=O)C1=C(c2ccccc2)N=c2s/c(=C/c3cc(OCC)c(OC)cc3Br)c(=O)n2[C@@H]1c1ccc(OC)cc1. The van der Waals surface area contributed by atoms with E-state index < -0.39 is 12.0 Å². The minimum Gasteiger partial charge on any atom is -0.497 e. The van der Waals surface area contributed by atoms with Gasteiger partial charge in [-0.2, -0.15) is 0 Å². The third kappa shape index (κ3) is 5.64. The van der Waals surface area contributed by atoms with Crippen LogP contribution in [0.5, 0.6) is 17.2 Å². The number of esters is 1. The van der Waals surface area contributed by atoms with E-state index in [9.17, 15) is 9.59 Å². The molecule has 10 heteroatoms. The Balaban J connectivity index is 1.80. The highest BCUT2D eigenvalue weighted by Gasteiger charge is 2.35. The maximum atomic E-state index is 14.2. The van der Waals surface area contributed by atoms with Crippen LogP contribution in [0, 0.1) is 0 Å². The molecule has 1 aliphatic rings. The minimum absolute atomic E-state index is 0.178. The Morgan fingerprint density at radius 3 is 2.38 bits per heavy atom. The summed E-state index contributed by atoms with van der Waals surface area (Å²) in [5.74, 6) is 1.27. The molecule has 0 amide bonds. The normalized spacial score (nSPS) is 14.7. The molecule has 216 valence electrons. The Hall–Kier alpha value is -4.15. The average Bonchev–Trinajstić information content (AvgIpc) is 3.32. The summed E-state index contributed by atoms with van der Waals surface area (Å²) < 4.78 is 24.8. The number of benzene rings is 3. The standard InChI is InChI=1S/C32H29BrN2O6S/c1-5-40-25-16-21(23(33)18-24(25)39-4)17-26-30(36)35-29(20-12-14-22(38-3)15-13-20)27(31(37)41-6-2)28(34-32(35)42-26)19-10-8-7-9-11-19/h7-18,29H,5-6H2,1-4H3/b26-17+/t29-/m1/s1. The quantitative estimate of drug-likeness (QED) is 0.234. The number of halogens is 1. The van der Waals surface area contributed by atoms with Gasteiger partial charge in [0.25, 0.3) is 5.56 Å². The van der Waals surface area contributed by atoms with Crippen molar-refractivity contribution in [2.24, 2.45) is 4.99 Å². The molecular weight excluding hydrogens is 620 g/mol. The van der Waals surface area contributed by atoms with Crippen LogP contribution >= 0.6 is 27.3 Å². The van der Waals surface area contributed by atoms with E-state index in [4.69, 9.17) is 23.9 Å². The summed E-state index contributed by atoms with van der Waals surface area (Å²) in [6.07, 6.45) is 1.79. The number of ether oxygens (including phenoxy) is 4. The fraction of sp³-hybridized carbons (Fsp3) is 0.219. The summed E-state index contributed by atoms with van der Waals surface area (Å²) in [4.78, 5) is 33.1. The van der Waals surface area contributed by atoms with Crippen molar-refractivity contribution in [3.8, 4) is 17.2 Å². The predicted molar refractivity (Wildman–Crippen MR) is 166 cm³/mol. The van der Waals surface area contributed by atoms with Crippen molar-refractivity contribution >= 4 is 45.0 Å². The molecule has 0 radical (unpaired) electrons. The molecule has 0 aliphatic carbocycles. The summed E-state index contributed by atoms with van der Waals surface area (Å²) in [5, 5.41) is 0. The molecule has 0 saturated carbocycles. The molecule has 5 rings (SSSR count). The van der Waals surface area contributed by atoms with Gasteiger partial charge in [0.1, 0.15) is 5.75 Å². The van der Waals surface area contributed by atoms with Gasteiger partial charge in [0.2, 0.25) is 0 Å². The van der Waals surface area contributed by atoms with Crippen LogP contribution in [-0.4, -0.2) is 38.0 Å². The minimum atomic E-state index is -0.776. The van der Waals surface area contributed by atoms with Crippen molar-refractivity contribution in [1.29, 1.82) is 0 Å². The number of carbonyl (C=O) groups excluding carboxylic acids is 1. The van der Waals surface area contributed by atoms with E-state index in [2.05, 4.69) is 15.9 Å². The van der Waals surface area contributed by atoms with Gasteiger partial charge in [-0.3, -0.25) is 9.36 Å². The number of thiazole rings is 1. The summed E-state index contributed by atoms with van der Waals surface area (Å²) in [6.45, 7) is 4.28. The molecule has 0 unspecified atom stereocenters. The number of fused-ring (bicyclic) bond motifs is 1. The molecule has 42 heavy (non-hydrogen) atoms. The average molecular weight is 650 g/mol. The Kier molecular flexibility index (Phi) is 8.94. The van der Waals surface area contributed by atoms with E-state index in [1.54, 1.807) is 50.0 Å². The van der Waals surface area contributed by atoms with Crippen LogP contribution in [-0.2, 0) is 9.53 Å². The lowest BCUT2D eigenvalue weighted by Gasteiger charge is -2.26. The Morgan fingerprint density at radius 2 is 1.74 bits per heavy atom. The van der Waals surface area contributed by atoms with Gasteiger partial charge < -0.3 is 18.9 Å². The Morgan fingerprint density at radius 1 is 1.00 bits per heavy atom. The van der Waals surface area contributed by atoms with Gasteiger partial charge in [0.05, 0.1) is 49.3 Å². The first-order chi connectivity index (χ1) is 20.4. The van der Waals surface area contributed by atoms with Gasteiger partial charge in [-0.15, -0.1) is 0 Å². The van der Waals surface area contributed by atoms with Crippen LogP contribution in [0.2, 0.25) is 0 Å². The van der Waals surface area contributed by atoms with Crippen LogP contribution in [0.3, 0.4) is 0 Å². The Bertz CT molecular complexity index is 1830. The van der Waals surface area contributed by atoms with Crippen LogP contribution in [0.4, 0.5) is 0 Å². The molecule has 2 heterocycles. The molecule has 0 saturated heterocycles. The second-order valence-corrected chi connectivity index (χ2v) is 11.0. The lowest BCUT2D eigenvalue weighted by molar-refractivity contribution is -0.138. The van der Waals surface area contributed by atoms with Crippen molar-refractivity contribution in [1.82, 2.24) is 4.57 Å². The molecule has 4 aromatic rings. The molecule has 1 aromatic heterocycles. The molecule has 8 nitrogen and oxygen atoms in total. The fourth-order valence-electron chi connectivity index (χ4n) is 4.77. The number of methoxy groups -OCH3 is 2. The van der Waals surface area contributed by atoms with Gasteiger partial charge in [0.15, 0.2) is 16.3 Å². The predicted octanol–water partition coefficient (Wildman–Crippen LogP) is 5.11. The van der Waals surface area contributed by atoms with E-state index in [0.29, 0.717) is 38.9 Å². The van der Waals surface area contributed by atoms with Crippen LogP contribution in [0.15, 0.2) is 86.6 Å². The van der Waals surface area contributed by atoms with E-state index in [0.717, 1.165) is 21.2 Å². The highest BCUT2D eigenvalue weighted by molar-refractivity contribution is 9.10. The number of carbonyl (C=O) groups is 1. The zero-order valence-electron chi connectivity index (χ0n) is 23.5. The summed E-state index contributed by atoms with van der Waals surface area (Å²) in [5.41, 5.74) is 2.67. The highest BCUT2D eigenvalue weighted by Crippen LogP contribution is 2.36. The molecule has 1 atom stereocenters. The van der Waals surface area contributed by atoms with Crippen LogP contribution < -0.4 is 29.1 Å². The zero-order valence-corrected chi connectivity index (χ0v) is 26.0. The third-order valence-corrected chi connectivity index (χ3v) is 8.34. The van der Waals surface area contributed by atoms with Crippen molar-refractivity contribution < 1.29 is 23.7 Å². The molecule has 3 aromatic carbocycles. The fourth-order valence-corrected chi connectivity index (χ4v) is 6.20. The number of aromatic nitrogens is 1. The summed E-state index contributed by atoms with van der Waals surface area (Å²) >= 11 is 4.85. The highest BCUT2D eigenvalue weighted by atomic mass is 79.9. The van der Waals surface area contributed by atoms with Crippen LogP contribution in [0.25, 0.3) is 11.8 Å². The van der Waals surface area contributed by atoms with Gasteiger partial charge in [-0.05, 0) is 55.3 Å². The Labute approximate surface area is 255 Å². The second kappa shape index (κ2) is 12.8.